The first-order chi connectivity index (χ1) is 13.6. The van der Waals surface area contributed by atoms with Gasteiger partial charge in [-0.1, -0.05) is 48.0 Å². The second kappa shape index (κ2) is 5.96. The van der Waals surface area contributed by atoms with Crippen molar-refractivity contribution in [2.24, 2.45) is 0 Å². The van der Waals surface area contributed by atoms with Crippen LogP contribution in [-0.4, -0.2) is 34.9 Å². The Hall–Kier alpha value is -3.08. The largest absolute Gasteiger partial charge is 0.467 e. The number of fused-ring (bicyclic) bond motifs is 5. The molecule has 5 rings (SSSR count). The number of amides is 1. The van der Waals surface area contributed by atoms with Crippen molar-refractivity contribution in [1.29, 1.82) is 0 Å². The number of carbonyl (C=O) groups excluding carboxylic acids is 2. The molecule has 1 fully saturated rings. The molecule has 0 bridgehead atoms. The second-order valence-corrected chi connectivity index (χ2v) is 7.76. The molecule has 5 nitrogen and oxygen atoms in total. The third kappa shape index (κ3) is 2.13. The number of esters is 1. The maximum Gasteiger partial charge on any atom is 0.328 e. The van der Waals surface area contributed by atoms with Crippen LogP contribution in [0.15, 0.2) is 48.5 Å². The van der Waals surface area contributed by atoms with E-state index in [9.17, 15) is 9.59 Å². The highest BCUT2D eigenvalue weighted by molar-refractivity contribution is 5.93. The number of aromatic amines is 1. The van der Waals surface area contributed by atoms with Crippen molar-refractivity contribution in [3.8, 4) is 0 Å². The molecule has 2 aliphatic heterocycles. The Morgan fingerprint density at radius 2 is 1.93 bits per heavy atom. The Morgan fingerprint density at radius 1 is 1.18 bits per heavy atom. The van der Waals surface area contributed by atoms with Gasteiger partial charge >= 0.3 is 5.97 Å². The highest BCUT2D eigenvalue weighted by atomic mass is 16.5. The second-order valence-electron chi connectivity index (χ2n) is 7.76. The summed E-state index contributed by atoms with van der Waals surface area (Å²) in [6.07, 6.45) is 1.52. The Labute approximate surface area is 163 Å². The molecule has 2 aromatic carbocycles. The van der Waals surface area contributed by atoms with Gasteiger partial charge in [-0.05, 0) is 30.5 Å². The molecular weight excluding hydrogens is 352 g/mol. The van der Waals surface area contributed by atoms with Crippen LogP contribution in [0.3, 0.4) is 0 Å². The van der Waals surface area contributed by atoms with Crippen molar-refractivity contribution < 1.29 is 14.3 Å². The van der Waals surface area contributed by atoms with Gasteiger partial charge in [-0.2, -0.15) is 0 Å². The number of benzene rings is 2. The zero-order valence-corrected chi connectivity index (χ0v) is 16.0. The molecule has 1 saturated heterocycles. The van der Waals surface area contributed by atoms with E-state index in [-0.39, 0.29) is 11.9 Å². The molecule has 0 radical (unpaired) electrons. The van der Waals surface area contributed by atoms with E-state index >= 15 is 0 Å². The van der Waals surface area contributed by atoms with Crippen LogP contribution in [0.1, 0.15) is 35.2 Å². The summed E-state index contributed by atoms with van der Waals surface area (Å²) < 4.78 is 5.11. The minimum Gasteiger partial charge on any atom is -0.467 e. The number of carbonyl (C=O) groups is 2. The van der Waals surface area contributed by atoms with Gasteiger partial charge in [-0.3, -0.25) is 4.79 Å². The number of para-hydroxylation sites is 1. The summed E-state index contributed by atoms with van der Waals surface area (Å²) in [6, 6.07) is 15.8. The Kier molecular flexibility index (Phi) is 3.63. The smallest absolute Gasteiger partial charge is 0.328 e. The van der Waals surface area contributed by atoms with Crippen LogP contribution in [0.25, 0.3) is 10.9 Å². The van der Waals surface area contributed by atoms with E-state index in [1.165, 1.54) is 7.11 Å². The van der Waals surface area contributed by atoms with Crippen LogP contribution in [0.4, 0.5) is 0 Å². The minimum absolute atomic E-state index is 0.000260. The fourth-order valence-corrected chi connectivity index (χ4v) is 5.06. The molecule has 2 aliphatic rings. The quantitative estimate of drug-likeness (QED) is 0.699. The maximum absolute atomic E-state index is 13.0. The normalized spacial score (nSPS) is 23.6. The number of aromatic nitrogens is 1. The number of aryl methyl sites for hydroxylation is 1. The van der Waals surface area contributed by atoms with Crippen LogP contribution in [0.5, 0.6) is 0 Å². The van der Waals surface area contributed by atoms with Crippen LogP contribution >= 0.6 is 0 Å². The molecule has 0 unspecified atom stereocenters. The zero-order chi connectivity index (χ0) is 19.5. The summed E-state index contributed by atoms with van der Waals surface area (Å²) in [4.78, 5) is 31.1. The lowest BCUT2D eigenvalue weighted by atomic mass is 9.76. The van der Waals surface area contributed by atoms with E-state index in [1.807, 2.05) is 25.1 Å². The molecule has 3 heterocycles. The van der Waals surface area contributed by atoms with E-state index in [0.717, 1.165) is 33.3 Å². The van der Waals surface area contributed by atoms with Crippen molar-refractivity contribution in [1.82, 2.24) is 9.88 Å². The summed E-state index contributed by atoms with van der Waals surface area (Å²) in [5.74, 6) is -0.358. The number of hydrogen-bond acceptors (Lipinski definition) is 3. The highest BCUT2D eigenvalue weighted by Gasteiger charge is 2.57. The molecule has 28 heavy (non-hydrogen) atoms. The molecule has 1 N–H and O–H groups in total. The van der Waals surface area contributed by atoms with Gasteiger partial charge in [0.15, 0.2) is 0 Å². The topological polar surface area (TPSA) is 62.4 Å². The van der Waals surface area contributed by atoms with E-state index in [2.05, 4.69) is 35.3 Å². The fraction of sp³-hybridized carbons (Fsp3) is 0.304. The van der Waals surface area contributed by atoms with Gasteiger partial charge in [0, 0.05) is 23.7 Å². The highest BCUT2D eigenvalue weighted by Crippen LogP contribution is 2.51. The molecule has 1 amide bonds. The average Bonchev–Trinajstić information content (AvgIpc) is 3.26. The summed E-state index contributed by atoms with van der Waals surface area (Å²) in [5.41, 5.74) is 4.69. The predicted octanol–water partition coefficient (Wildman–Crippen LogP) is 3.44. The number of rotatable bonds is 2. The minimum atomic E-state index is -0.670. The van der Waals surface area contributed by atoms with Gasteiger partial charge < -0.3 is 14.6 Å². The first kappa shape index (κ1) is 17.0. The molecule has 3 aromatic rings. The summed E-state index contributed by atoms with van der Waals surface area (Å²) in [5, 5.41) is 1.11. The SMILES string of the molecule is COC(=O)[C@@H]1Cc2c([nH]c3ccccc23)[C@]2(c3ccc(C)cc3)CCC(=O)N12. The number of methoxy groups -OCH3 is 1. The summed E-state index contributed by atoms with van der Waals surface area (Å²) in [6.45, 7) is 2.05. The number of ether oxygens (including phenoxy) is 1. The molecule has 0 saturated carbocycles. The molecule has 0 spiro atoms. The molecule has 0 aliphatic carbocycles. The van der Waals surface area contributed by atoms with E-state index in [1.54, 1.807) is 4.90 Å². The summed E-state index contributed by atoms with van der Waals surface area (Å²) in [7, 11) is 1.39. The van der Waals surface area contributed by atoms with Crippen molar-refractivity contribution in [2.75, 3.05) is 7.11 Å². The van der Waals surface area contributed by atoms with Crippen LogP contribution in [0.2, 0.25) is 0 Å². The van der Waals surface area contributed by atoms with E-state index in [0.29, 0.717) is 19.3 Å². The zero-order valence-electron chi connectivity index (χ0n) is 16.0. The van der Waals surface area contributed by atoms with Crippen molar-refractivity contribution in [3.63, 3.8) is 0 Å². The Bertz CT molecular complexity index is 1100. The van der Waals surface area contributed by atoms with Gasteiger partial charge in [0.1, 0.15) is 11.6 Å². The van der Waals surface area contributed by atoms with Crippen molar-refractivity contribution >= 4 is 22.8 Å². The van der Waals surface area contributed by atoms with Gasteiger partial charge in [-0.15, -0.1) is 0 Å². The fourth-order valence-electron chi connectivity index (χ4n) is 5.06. The first-order valence-corrected chi connectivity index (χ1v) is 9.63. The maximum atomic E-state index is 13.0. The Balaban J connectivity index is 1.84. The Morgan fingerprint density at radius 3 is 2.68 bits per heavy atom. The number of nitrogens with zero attached hydrogens (tertiary/aromatic N) is 1. The molecular formula is C23H22N2O3. The average molecular weight is 374 g/mol. The third-order valence-electron chi connectivity index (χ3n) is 6.32. The lowest BCUT2D eigenvalue weighted by molar-refractivity contribution is -0.155. The number of hydrogen-bond donors (Lipinski definition) is 1. The van der Waals surface area contributed by atoms with E-state index < -0.39 is 11.6 Å². The first-order valence-electron chi connectivity index (χ1n) is 9.63. The summed E-state index contributed by atoms with van der Waals surface area (Å²) >= 11 is 0. The van der Waals surface area contributed by atoms with Crippen LogP contribution in [-0.2, 0) is 26.3 Å². The third-order valence-corrected chi connectivity index (χ3v) is 6.32. The number of H-pyrrole nitrogens is 1. The van der Waals surface area contributed by atoms with E-state index in [4.69, 9.17) is 4.74 Å². The van der Waals surface area contributed by atoms with Crippen LogP contribution < -0.4 is 0 Å². The monoisotopic (exact) mass is 374 g/mol. The number of nitrogens with one attached hydrogen (secondary N) is 1. The molecule has 2 atom stereocenters. The predicted molar refractivity (Wildman–Crippen MR) is 106 cm³/mol. The molecule has 1 aromatic heterocycles. The van der Waals surface area contributed by atoms with Gasteiger partial charge in [-0.25, -0.2) is 4.79 Å². The van der Waals surface area contributed by atoms with Gasteiger partial charge in [0.25, 0.3) is 0 Å². The lowest BCUT2D eigenvalue weighted by Gasteiger charge is -2.46. The van der Waals surface area contributed by atoms with Crippen LogP contribution in [0, 0.1) is 6.92 Å². The standard InChI is InChI=1S/C23H22N2O3/c1-14-7-9-15(10-8-14)23-12-11-20(26)25(23)19(22(27)28-2)13-17-16-5-3-4-6-18(16)24-21(17)23/h3-10,19,24H,11-13H2,1-2H3/t19-,23+/m0/s1. The van der Waals surface area contributed by atoms with Crippen molar-refractivity contribution in [3.05, 3.63) is 70.9 Å². The van der Waals surface area contributed by atoms with Gasteiger partial charge in [0.2, 0.25) is 5.91 Å². The van der Waals surface area contributed by atoms with Gasteiger partial charge in [0.05, 0.1) is 12.8 Å². The molecule has 5 heteroatoms. The lowest BCUT2D eigenvalue weighted by Crippen LogP contribution is -2.57. The molecule has 142 valence electrons. The van der Waals surface area contributed by atoms with Crippen molar-refractivity contribution in [2.45, 2.75) is 37.8 Å².